The second-order valence-electron chi connectivity index (χ2n) is 4.20. The fraction of sp³-hybridized carbons (Fsp3) is 0.0714. The van der Waals surface area contributed by atoms with Gasteiger partial charge in [0.1, 0.15) is 5.01 Å². The summed E-state index contributed by atoms with van der Waals surface area (Å²) in [6.45, 7) is 2.02. The number of halogens is 1. The summed E-state index contributed by atoms with van der Waals surface area (Å²) in [7, 11) is 0. The summed E-state index contributed by atoms with van der Waals surface area (Å²) in [5.74, 6) is 0. The first-order chi connectivity index (χ1) is 8.63. The van der Waals surface area contributed by atoms with Crippen LogP contribution in [0, 0.1) is 6.92 Å². The van der Waals surface area contributed by atoms with Crippen LogP contribution in [0.5, 0.6) is 0 Å². The molecule has 0 saturated carbocycles. The number of thiazole rings is 1. The number of benzene rings is 2. The Morgan fingerprint density at radius 2 is 2.00 bits per heavy atom. The number of hydrogen-bond donors (Lipinski definition) is 1. The SMILES string of the molecule is Cc1cc(-c2nc3ccc(Br)cc3s2)ccc1N. The van der Waals surface area contributed by atoms with Gasteiger partial charge in [-0.1, -0.05) is 15.9 Å². The Bertz CT molecular complexity index is 734. The first-order valence-corrected chi connectivity index (χ1v) is 7.17. The molecule has 0 saturated heterocycles. The Kier molecular flexibility index (Phi) is 2.84. The number of nitrogens with zero attached hydrogens (tertiary/aromatic N) is 1. The number of nitrogens with two attached hydrogens (primary N) is 1. The molecule has 2 nitrogen and oxygen atoms in total. The van der Waals surface area contributed by atoms with Gasteiger partial charge in [-0.2, -0.15) is 0 Å². The van der Waals surface area contributed by atoms with Gasteiger partial charge in [0.2, 0.25) is 0 Å². The molecule has 90 valence electrons. The Morgan fingerprint density at radius 3 is 2.78 bits per heavy atom. The average molecular weight is 319 g/mol. The molecule has 0 amide bonds. The summed E-state index contributed by atoms with van der Waals surface area (Å²) < 4.78 is 2.27. The quantitative estimate of drug-likeness (QED) is 0.665. The number of aryl methyl sites for hydroxylation is 1. The molecule has 3 aromatic rings. The molecule has 1 heterocycles. The van der Waals surface area contributed by atoms with Crippen molar-refractivity contribution in [1.82, 2.24) is 4.98 Å². The monoisotopic (exact) mass is 318 g/mol. The molecule has 0 bridgehead atoms. The van der Waals surface area contributed by atoms with Crippen LogP contribution in [-0.4, -0.2) is 4.98 Å². The zero-order valence-electron chi connectivity index (χ0n) is 9.77. The molecule has 2 aromatic carbocycles. The molecule has 3 rings (SSSR count). The molecule has 1 aromatic heterocycles. The molecule has 4 heteroatoms. The van der Waals surface area contributed by atoms with Crippen LogP contribution < -0.4 is 5.73 Å². The van der Waals surface area contributed by atoms with Crippen molar-refractivity contribution >= 4 is 43.2 Å². The van der Waals surface area contributed by atoms with Crippen molar-refractivity contribution in [2.24, 2.45) is 0 Å². The Labute approximate surface area is 118 Å². The molecule has 2 N–H and O–H groups in total. The van der Waals surface area contributed by atoms with Crippen LogP contribution in [0.25, 0.3) is 20.8 Å². The number of nitrogen functional groups attached to an aromatic ring is 1. The highest BCUT2D eigenvalue weighted by molar-refractivity contribution is 9.10. The van der Waals surface area contributed by atoms with E-state index >= 15 is 0 Å². The van der Waals surface area contributed by atoms with Crippen molar-refractivity contribution in [3.63, 3.8) is 0 Å². The van der Waals surface area contributed by atoms with Crippen molar-refractivity contribution in [2.45, 2.75) is 6.92 Å². The van der Waals surface area contributed by atoms with E-state index in [4.69, 9.17) is 5.73 Å². The van der Waals surface area contributed by atoms with Crippen LogP contribution in [0.3, 0.4) is 0 Å². The van der Waals surface area contributed by atoms with E-state index in [1.54, 1.807) is 11.3 Å². The molecule has 0 aliphatic heterocycles. The minimum Gasteiger partial charge on any atom is -0.399 e. The number of fused-ring (bicyclic) bond motifs is 1. The molecule has 18 heavy (non-hydrogen) atoms. The lowest BCUT2D eigenvalue weighted by atomic mass is 10.1. The molecule has 0 fully saturated rings. The van der Waals surface area contributed by atoms with E-state index < -0.39 is 0 Å². The van der Waals surface area contributed by atoms with Crippen LogP contribution in [0.2, 0.25) is 0 Å². The van der Waals surface area contributed by atoms with E-state index in [1.165, 1.54) is 4.70 Å². The molecule has 0 aliphatic rings. The van der Waals surface area contributed by atoms with Gasteiger partial charge in [0.15, 0.2) is 0 Å². The Morgan fingerprint density at radius 1 is 1.17 bits per heavy atom. The van der Waals surface area contributed by atoms with Crippen molar-refractivity contribution < 1.29 is 0 Å². The topological polar surface area (TPSA) is 38.9 Å². The lowest BCUT2D eigenvalue weighted by molar-refractivity contribution is 1.43. The van der Waals surface area contributed by atoms with Crippen LogP contribution in [-0.2, 0) is 0 Å². The maximum Gasteiger partial charge on any atom is 0.124 e. The van der Waals surface area contributed by atoms with E-state index in [2.05, 4.69) is 33.0 Å². The number of hydrogen-bond acceptors (Lipinski definition) is 3. The standard InChI is InChI=1S/C14H11BrN2S/c1-8-6-9(2-4-11(8)16)14-17-12-5-3-10(15)7-13(12)18-14/h2-7H,16H2,1H3. The fourth-order valence-electron chi connectivity index (χ4n) is 1.83. The van der Waals surface area contributed by atoms with Crippen molar-refractivity contribution in [2.75, 3.05) is 5.73 Å². The van der Waals surface area contributed by atoms with E-state index in [1.807, 2.05) is 31.2 Å². The highest BCUT2D eigenvalue weighted by Crippen LogP contribution is 2.32. The van der Waals surface area contributed by atoms with Crippen molar-refractivity contribution in [3.8, 4) is 10.6 Å². The second kappa shape index (κ2) is 4.37. The van der Waals surface area contributed by atoms with E-state index in [0.29, 0.717) is 0 Å². The highest BCUT2D eigenvalue weighted by Gasteiger charge is 2.07. The summed E-state index contributed by atoms with van der Waals surface area (Å²) in [5.41, 5.74) is 9.91. The molecule has 0 unspecified atom stereocenters. The largest absolute Gasteiger partial charge is 0.399 e. The first kappa shape index (κ1) is 11.7. The minimum atomic E-state index is 0.822. The van der Waals surface area contributed by atoms with Gasteiger partial charge in [-0.3, -0.25) is 0 Å². The molecular weight excluding hydrogens is 308 g/mol. The van der Waals surface area contributed by atoms with Crippen LogP contribution >= 0.6 is 27.3 Å². The van der Waals surface area contributed by atoms with Crippen LogP contribution in [0.4, 0.5) is 5.69 Å². The number of anilines is 1. The fourth-order valence-corrected chi connectivity index (χ4v) is 3.34. The van der Waals surface area contributed by atoms with Crippen LogP contribution in [0.15, 0.2) is 40.9 Å². The van der Waals surface area contributed by atoms with Crippen molar-refractivity contribution in [3.05, 3.63) is 46.4 Å². The second-order valence-corrected chi connectivity index (χ2v) is 6.15. The smallest absolute Gasteiger partial charge is 0.124 e. The highest BCUT2D eigenvalue weighted by atomic mass is 79.9. The van der Waals surface area contributed by atoms with Gasteiger partial charge in [0, 0.05) is 15.7 Å². The number of aromatic nitrogens is 1. The third-order valence-corrected chi connectivity index (χ3v) is 4.43. The summed E-state index contributed by atoms with van der Waals surface area (Å²) in [5, 5.41) is 1.03. The molecule has 0 spiro atoms. The Balaban J connectivity index is 2.16. The normalized spacial score (nSPS) is 11.0. The van der Waals surface area contributed by atoms with Gasteiger partial charge >= 0.3 is 0 Å². The minimum absolute atomic E-state index is 0.822. The van der Waals surface area contributed by atoms with E-state index in [0.717, 1.165) is 31.8 Å². The lowest BCUT2D eigenvalue weighted by Gasteiger charge is -2.01. The van der Waals surface area contributed by atoms with Gasteiger partial charge in [-0.05, 0) is 48.9 Å². The van der Waals surface area contributed by atoms with Gasteiger partial charge in [-0.15, -0.1) is 11.3 Å². The molecule has 0 radical (unpaired) electrons. The maximum atomic E-state index is 5.84. The van der Waals surface area contributed by atoms with Gasteiger partial charge in [0.05, 0.1) is 10.2 Å². The third-order valence-electron chi connectivity index (χ3n) is 2.87. The van der Waals surface area contributed by atoms with Crippen LogP contribution in [0.1, 0.15) is 5.56 Å². The zero-order valence-corrected chi connectivity index (χ0v) is 12.2. The summed E-state index contributed by atoms with van der Waals surface area (Å²) in [6, 6.07) is 12.2. The summed E-state index contributed by atoms with van der Waals surface area (Å²) in [4.78, 5) is 4.65. The zero-order chi connectivity index (χ0) is 12.7. The predicted molar refractivity (Wildman–Crippen MR) is 81.9 cm³/mol. The van der Waals surface area contributed by atoms with Gasteiger partial charge in [0.25, 0.3) is 0 Å². The van der Waals surface area contributed by atoms with Gasteiger partial charge < -0.3 is 5.73 Å². The lowest BCUT2D eigenvalue weighted by Crippen LogP contribution is -1.89. The molecular formula is C14H11BrN2S. The molecule has 0 atom stereocenters. The van der Waals surface area contributed by atoms with E-state index in [9.17, 15) is 0 Å². The predicted octanol–water partition coefficient (Wildman–Crippen LogP) is 4.62. The Hall–Kier alpha value is -1.39. The third kappa shape index (κ3) is 2.02. The summed E-state index contributed by atoms with van der Waals surface area (Å²) >= 11 is 5.18. The van der Waals surface area contributed by atoms with Gasteiger partial charge in [-0.25, -0.2) is 4.98 Å². The maximum absolute atomic E-state index is 5.84. The van der Waals surface area contributed by atoms with E-state index in [-0.39, 0.29) is 0 Å². The summed E-state index contributed by atoms with van der Waals surface area (Å²) in [6.07, 6.45) is 0. The van der Waals surface area contributed by atoms with Crippen molar-refractivity contribution in [1.29, 1.82) is 0 Å². The first-order valence-electron chi connectivity index (χ1n) is 5.56. The molecule has 0 aliphatic carbocycles. The average Bonchev–Trinajstić information content (AvgIpc) is 2.75. The number of rotatable bonds is 1.